The van der Waals surface area contributed by atoms with E-state index in [9.17, 15) is 13.2 Å². The Morgan fingerprint density at radius 1 is 1.03 bits per heavy atom. The van der Waals surface area contributed by atoms with Crippen molar-refractivity contribution in [3.63, 3.8) is 0 Å². The Bertz CT molecular complexity index is 1500. The first kappa shape index (κ1) is 23.2. The van der Waals surface area contributed by atoms with Crippen LogP contribution in [0.1, 0.15) is 59.8 Å². The molecule has 0 unspecified atom stereocenters. The predicted octanol–water partition coefficient (Wildman–Crippen LogP) is 4.80. The van der Waals surface area contributed by atoms with Crippen LogP contribution in [0.3, 0.4) is 0 Å². The van der Waals surface area contributed by atoms with Crippen molar-refractivity contribution in [2.75, 3.05) is 11.6 Å². The van der Waals surface area contributed by atoms with E-state index in [4.69, 9.17) is 0 Å². The van der Waals surface area contributed by atoms with Gasteiger partial charge in [-0.05, 0) is 54.7 Å². The second-order valence-corrected chi connectivity index (χ2v) is 11.2. The van der Waals surface area contributed by atoms with Gasteiger partial charge in [-0.1, -0.05) is 43.5 Å². The minimum Gasteiger partial charge on any atom is -0.319 e. The largest absolute Gasteiger partial charge is 0.319 e. The normalized spacial score (nSPS) is 14.8. The van der Waals surface area contributed by atoms with Crippen molar-refractivity contribution in [1.82, 2.24) is 19.6 Å². The number of hydrogen-bond donors (Lipinski definition) is 1. The Kier molecular flexibility index (Phi) is 6.10. The summed E-state index contributed by atoms with van der Waals surface area (Å²) in [4.78, 5) is 17.9. The molecule has 0 saturated heterocycles. The monoisotopic (exact) mass is 489 g/mol. The highest BCUT2D eigenvalue weighted by molar-refractivity contribution is 7.90. The van der Waals surface area contributed by atoms with E-state index in [1.54, 1.807) is 36.5 Å². The van der Waals surface area contributed by atoms with Crippen molar-refractivity contribution >= 4 is 27.2 Å². The summed E-state index contributed by atoms with van der Waals surface area (Å²) >= 11 is 0. The molecule has 8 nitrogen and oxygen atoms in total. The summed E-state index contributed by atoms with van der Waals surface area (Å²) in [7, 11) is -3.27. The molecule has 0 bridgehead atoms. The number of nitrogens with zero attached hydrogens (tertiary/aromatic N) is 4. The molecule has 180 valence electrons. The lowest BCUT2D eigenvalue weighted by atomic mass is 9.89. The Labute approximate surface area is 204 Å². The lowest BCUT2D eigenvalue weighted by molar-refractivity contribution is 0.102. The molecule has 1 aliphatic rings. The second-order valence-electron chi connectivity index (χ2n) is 9.13. The maximum atomic E-state index is 13.2. The number of fused-ring (bicyclic) bond motifs is 1. The predicted molar refractivity (Wildman–Crippen MR) is 134 cm³/mol. The fourth-order valence-corrected chi connectivity index (χ4v) is 5.41. The molecule has 4 aromatic rings. The summed E-state index contributed by atoms with van der Waals surface area (Å²) in [6, 6.07) is 12.2. The average molecular weight is 490 g/mol. The molecular weight excluding hydrogens is 462 g/mol. The van der Waals surface area contributed by atoms with E-state index in [0.29, 0.717) is 22.9 Å². The van der Waals surface area contributed by atoms with E-state index >= 15 is 0 Å². The van der Waals surface area contributed by atoms with Gasteiger partial charge in [0.2, 0.25) is 0 Å². The number of aromatic nitrogens is 4. The van der Waals surface area contributed by atoms with Crippen LogP contribution in [0.15, 0.2) is 59.8 Å². The number of sulfone groups is 1. The summed E-state index contributed by atoms with van der Waals surface area (Å²) < 4.78 is 25.4. The lowest BCUT2D eigenvalue weighted by Crippen LogP contribution is -2.15. The third-order valence-corrected chi connectivity index (χ3v) is 7.82. The van der Waals surface area contributed by atoms with Crippen LogP contribution >= 0.6 is 0 Å². The molecular formula is C26H27N5O3S. The fourth-order valence-electron chi connectivity index (χ4n) is 4.78. The number of benzene rings is 2. The Morgan fingerprint density at radius 3 is 2.49 bits per heavy atom. The van der Waals surface area contributed by atoms with Crippen molar-refractivity contribution < 1.29 is 13.2 Å². The molecule has 0 spiro atoms. The molecule has 2 aromatic carbocycles. The van der Waals surface area contributed by atoms with Gasteiger partial charge in [0, 0.05) is 23.9 Å². The van der Waals surface area contributed by atoms with Gasteiger partial charge in [0.25, 0.3) is 11.7 Å². The third-order valence-electron chi connectivity index (χ3n) is 6.69. The van der Waals surface area contributed by atoms with E-state index in [1.165, 1.54) is 25.5 Å². The molecule has 2 heterocycles. The van der Waals surface area contributed by atoms with Gasteiger partial charge in [0.1, 0.15) is 5.82 Å². The van der Waals surface area contributed by atoms with Crippen LogP contribution in [-0.2, 0) is 9.84 Å². The first-order chi connectivity index (χ1) is 16.8. The van der Waals surface area contributed by atoms with Crippen LogP contribution in [0.5, 0.6) is 0 Å². The number of amides is 1. The van der Waals surface area contributed by atoms with Gasteiger partial charge in [0.15, 0.2) is 9.84 Å². The second kappa shape index (κ2) is 9.22. The molecule has 1 N–H and O–H groups in total. The quantitative estimate of drug-likeness (QED) is 0.431. The fraction of sp³-hybridized carbons (Fsp3) is 0.308. The van der Waals surface area contributed by atoms with Gasteiger partial charge >= 0.3 is 0 Å². The molecule has 1 saturated carbocycles. The molecule has 35 heavy (non-hydrogen) atoms. The Hall–Kier alpha value is -3.59. The van der Waals surface area contributed by atoms with Gasteiger partial charge in [0.05, 0.1) is 16.8 Å². The van der Waals surface area contributed by atoms with Crippen LogP contribution in [0.25, 0.3) is 16.9 Å². The van der Waals surface area contributed by atoms with Gasteiger partial charge < -0.3 is 5.32 Å². The average Bonchev–Trinajstić information content (AvgIpc) is 3.27. The topological polar surface area (TPSA) is 106 Å². The summed E-state index contributed by atoms with van der Waals surface area (Å²) in [5, 5.41) is 11.5. The summed E-state index contributed by atoms with van der Waals surface area (Å²) in [5.41, 5.74) is 3.62. The number of rotatable bonds is 5. The molecule has 5 rings (SSSR count). The first-order valence-electron chi connectivity index (χ1n) is 11.7. The van der Waals surface area contributed by atoms with Gasteiger partial charge in [-0.3, -0.25) is 9.20 Å². The van der Waals surface area contributed by atoms with Crippen molar-refractivity contribution in [2.24, 2.45) is 0 Å². The van der Waals surface area contributed by atoms with Crippen molar-refractivity contribution in [3.8, 4) is 11.1 Å². The van der Waals surface area contributed by atoms with Crippen molar-refractivity contribution in [2.45, 2.75) is 49.8 Å². The zero-order chi connectivity index (χ0) is 24.6. The summed E-state index contributed by atoms with van der Waals surface area (Å²) in [6.45, 7) is 1.89. The molecule has 1 amide bonds. The highest BCUT2D eigenvalue weighted by Crippen LogP contribution is 2.32. The maximum Gasteiger partial charge on any atom is 0.256 e. The molecule has 1 fully saturated rings. The van der Waals surface area contributed by atoms with Crippen LogP contribution in [-0.4, -0.2) is 40.2 Å². The molecule has 0 aliphatic heterocycles. The molecule has 9 heteroatoms. The number of hydrogen-bond acceptors (Lipinski definition) is 6. The maximum absolute atomic E-state index is 13.2. The molecule has 0 atom stereocenters. The molecule has 2 aromatic heterocycles. The van der Waals surface area contributed by atoms with Gasteiger partial charge in [-0.25, -0.2) is 13.4 Å². The first-order valence-corrected chi connectivity index (χ1v) is 13.6. The van der Waals surface area contributed by atoms with Crippen LogP contribution in [0, 0.1) is 6.92 Å². The van der Waals surface area contributed by atoms with E-state index in [1.807, 2.05) is 29.7 Å². The van der Waals surface area contributed by atoms with Crippen molar-refractivity contribution in [1.29, 1.82) is 0 Å². The third kappa shape index (κ3) is 4.68. The molecule has 1 aliphatic carbocycles. The minimum absolute atomic E-state index is 0.245. The lowest BCUT2D eigenvalue weighted by Gasteiger charge is -2.19. The number of anilines is 1. The minimum atomic E-state index is -3.27. The van der Waals surface area contributed by atoms with Crippen LogP contribution in [0.4, 0.5) is 5.69 Å². The zero-order valence-corrected chi connectivity index (χ0v) is 20.5. The van der Waals surface area contributed by atoms with Crippen molar-refractivity contribution in [3.05, 3.63) is 71.8 Å². The van der Waals surface area contributed by atoms with Crippen LogP contribution < -0.4 is 5.32 Å². The van der Waals surface area contributed by atoms with E-state index in [0.717, 1.165) is 35.4 Å². The Balaban J connectivity index is 1.41. The highest BCUT2D eigenvalue weighted by atomic mass is 32.2. The van der Waals surface area contributed by atoms with Crippen LogP contribution in [0.2, 0.25) is 0 Å². The van der Waals surface area contributed by atoms with E-state index in [-0.39, 0.29) is 10.8 Å². The number of nitrogens with one attached hydrogen (secondary N) is 1. The number of carbonyl (C=O) groups excluding carboxylic acids is 1. The summed E-state index contributed by atoms with van der Waals surface area (Å²) in [6.07, 6.45) is 10.4. The molecule has 0 radical (unpaired) electrons. The highest BCUT2D eigenvalue weighted by Gasteiger charge is 2.22. The smallest absolute Gasteiger partial charge is 0.256 e. The SMILES string of the molecule is Cc1c(C(=O)Nc2cnc3nnc(C4CCCCC4)n3c2)cccc1-c1ccc(S(C)(=O)=O)cc1. The Morgan fingerprint density at radius 2 is 1.77 bits per heavy atom. The van der Waals surface area contributed by atoms with E-state index < -0.39 is 9.84 Å². The van der Waals surface area contributed by atoms with Gasteiger partial charge in [-0.15, -0.1) is 10.2 Å². The van der Waals surface area contributed by atoms with E-state index in [2.05, 4.69) is 20.5 Å². The standard InChI is InChI=1S/C26H27N5O3S/c1-17-22(18-11-13-21(14-12-18)35(2,33)34)9-6-10-23(17)25(32)28-20-15-27-26-30-29-24(31(26)16-20)19-7-4-3-5-8-19/h6,9-16,19H,3-5,7-8H2,1-2H3,(H,28,32). The summed E-state index contributed by atoms with van der Waals surface area (Å²) in [5.74, 6) is 1.54. The van der Waals surface area contributed by atoms with Gasteiger partial charge in [-0.2, -0.15) is 0 Å². The number of carbonyl (C=O) groups is 1. The zero-order valence-electron chi connectivity index (χ0n) is 19.7.